The van der Waals surface area contributed by atoms with Crippen LogP contribution in [0.2, 0.25) is 0 Å². The van der Waals surface area contributed by atoms with Gasteiger partial charge >= 0.3 is 6.18 Å². The van der Waals surface area contributed by atoms with Crippen molar-refractivity contribution in [1.29, 1.82) is 0 Å². The van der Waals surface area contributed by atoms with Crippen molar-refractivity contribution < 1.29 is 30.7 Å². The number of aromatic nitrogens is 4. The van der Waals surface area contributed by atoms with Crippen LogP contribution >= 0.6 is 0 Å². The number of halogens is 4. The molecule has 0 amide bonds. The lowest BCUT2D eigenvalue weighted by Crippen LogP contribution is -2.10. The van der Waals surface area contributed by atoms with Crippen LogP contribution in [0.5, 0.6) is 0 Å². The molecule has 0 aliphatic rings. The average molecular weight is 550 g/mol. The fourth-order valence-electron chi connectivity index (χ4n) is 3.52. The summed E-state index contributed by atoms with van der Waals surface area (Å²) in [5.74, 6) is 0.760. The first-order valence-corrected chi connectivity index (χ1v) is 13.1. The molecule has 8 nitrogen and oxygen atoms in total. The van der Waals surface area contributed by atoms with E-state index in [1.165, 1.54) is 48.7 Å². The SMILES string of the molecule is CC(C)COCc1nc(Nc2ccc(S(=O)(=O)CF)cc2)c2ccc(-c3ncccc3C(F)(F)F)nc2n1. The molecule has 0 unspecified atom stereocenters. The van der Waals surface area contributed by atoms with Gasteiger partial charge in [-0.2, -0.15) is 13.2 Å². The summed E-state index contributed by atoms with van der Waals surface area (Å²) in [7, 11) is -4.02. The third kappa shape index (κ3) is 6.22. The van der Waals surface area contributed by atoms with E-state index in [9.17, 15) is 26.0 Å². The zero-order valence-corrected chi connectivity index (χ0v) is 21.1. The first-order chi connectivity index (χ1) is 18.0. The molecule has 0 aliphatic carbocycles. The molecule has 1 aromatic carbocycles. The maximum absolute atomic E-state index is 13.6. The number of ether oxygens (including phenoxy) is 1. The molecule has 0 spiro atoms. The second-order valence-corrected chi connectivity index (χ2v) is 10.7. The number of nitrogens with zero attached hydrogens (tertiary/aromatic N) is 4. The number of sulfone groups is 1. The normalized spacial score (nSPS) is 12.3. The first kappa shape index (κ1) is 27.3. The van der Waals surface area contributed by atoms with E-state index in [0.29, 0.717) is 17.7 Å². The molecule has 200 valence electrons. The molecular formula is C25H23F4N5O3S. The van der Waals surface area contributed by atoms with Crippen LogP contribution in [-0.4, -0.2) is 41.0 Å². The fraction of sp³-hybridized carbons (Fsp3) is 0.280. The van der Waals surface area contributed by atoms with E-state index in [4.69, 9.17) is 4.74 Å². The quantitative estimate of drug-likeness (QED) is 0.264. The molecule has 38 heavy (non-hydrogen) atoms. The lowest BCUT2D eigenvalue weighted by Gasteiger charge is -2.14. The van der Waals surface area contributed by atoms with E-state index in [1.54, 1.807) is 0 Å². The number of fused-ring (bicyclic) bond motifs is 1. The minimum atomic E-state index is -4.63. The Morgan fingerprint density at radius 2 is 1.74 bits per heavy atom. The summed E-state index contributed by atoms with van der Waals surface area (Å²) in [5, 5.41) is 3.44. The van der Waals surface area contributed by atoms with E-state index in [1.807, 2.05) is 13.8 Å². The summed E-state index contributed by atoms with van der Waals surface area (Å²) in [6.45, 7) is 4.41. The molecule has 0 radical (unpaired) electrons. The standard InChI is InChI=1S/C25H23F4N5O3S/c1-15(2)12-37-13-21-33-23(31-16-5-7-17(8-6-16)38(35,36)14-26)18-9-10-20(32-24(18)34-21)22-19(25(27,28)29)4-3-11-30-22/h3-11,15H,12-14H2,1-2H3,(H,31,32,33,34). The number of rotatable bonds is 9. The molecule has 0 saturated heterocycles. The van der Waals surface area contributed by atoms with Gasteiger partial charge in [0.15, 0.2) is 17.5 Å². The number of hydrogen-bond acceptors (Lipinski definition) is 8. The predicted molar refractivity (Wildman–Crippen MR) is 133 cm³/mol. The Balaban J connectivity index is 1.77. The number of nitrogens with one attached hydrogen (secondary N) is 1. The highest BCUT2D eigenvalue weighted by Crippen LogP contribution is 2.36. The molecule has 0 saturated carbocycles. The largest absolute Gasteiger partial charge is 0.418 e. The van der Waals surface area contributed by atoms with Crippen molar-refractivity contribution in [3.05, 3.63) is 66.1 Å². The Labute approximate surface area is 216 Å². The van der Waals surface area contributed by atoms with Crippen molar-refractivity contribution >= 4 is 32.4 Å². The first-order valence-electron chi connectivity index (χ1n) is 11.4. The molecule has 0 bridgehead atoms. The monoisotopic (exact) mass is 549 g/mol. The molecule has 4 rings (SSSR count). The second-order valence-electron chi connectivity index (χ2n) is 8.74. The van der Waals surface area contributed by atoms with Gasteiger partial charge in [-0.1, -0.05) is 13.8 Å². The van der Waals surface area contributed by atoms with Gasteiger partial charge in [0, 0.05) is 18.5 Å². The minimum Gasteiger partial charge on any atom is -0.373 e. The van der Waals surface area contributed by atoms with E-state index in [2.05, 4.69) is 25.3 Å². The maximum Gasteiger partial charge on any atom is 0.418 e. The summed E-state index contributed by atoms with van der Waals surface area (Å²) < 4.78 is 82.7. The van der Waals surface area contributed by atoms with Crippen LogP contribution in [-0.2, 0) is 27.4 Å². The lowest BCUT2D eigenvalue weighted by molar-refractivity contribution is -0.137. The highest BCUT2D eigenvalue weighted by atomic mass is 32.2. The van der Waals surface area contributed by atoms with Gasteiger partial charge in [0.1, 0.15) is 18.1 Å². The summed E-state index contributed by atoms with van der Waals surface area (Å²) in [6.07, 6.45) is -3.38. The maximum atomic E-state index is 13.6. The van der Waals surface area contributed by atoms with E-state index in [-0.39, 0.29) is 46.1 Å². The summed E-state index contributed by atoms with van der Waals surface area (Å²) in [4.78, 5) is 16.9. The molecule has 13 heteroatoms. The van der Waals surface area contributed by atoms with Crippen LogP contribution in [0.3, 0.4) is 0 Å². The third-order valence-corrected chi connectivity index (χ3v) is 6.54. The van der Waals surface area contributed by atoms with Gasteiger partial charge in [-0.15, -0.1) is 0 Å². The van der Waals surface area contributed by atoms with Crippen molar-refractivity contribution in [2.45, 2.75) is 31.5 Å². The van der Waals surface area contributed by atoms with Crippen LogP contribution in [0, 0.1) is 5.92 Å². The van der Waals surface area contributed by atoms with Gasteiger partial charge in [0.25, 0.3) is 0 Å². The van der Waals surface area contributed by atoms with Gasteiger partial charge < -0.3 is 10.1 Å². The molecule has 0 fully saturated rings. The molecular weight excluding hydrogens is 526 g/mol. The number of alkyl halides is 4. The zero-order chi connectivity index (χ0) is 27.5. The van der Waals surface area contributed by atoms with Crippen LogP contribution in [0.1, 0.15) is 25.2 Å². The molecule has 0 aliphatic heterocycles. The molecule has 4 aromatic rings. The predicted octanol–water partition coefficient (Wildman–Crippen LogP) is 5.72. The van der Waals surface area contributed by atoms with Crippen LogP contribution < -0.4 is 5.32 Å². The van der Waals surface area contributed by atoms with Gasteiger partial charge in [0.2, 0.25) is 9.84 Å². The Hall–Kier alpha value is -3.71. The number of anilines is 2. The Morgan fingerprint density at radius 1 is 1.00 bits per heavy atom. The van der Waals surface area contributed by atoms with Gasteiger partial charge in [-0.05, 0) is 54.4 Å². The lowest BCUT2D eigenvalue weighted by atomic mass is 10.1. The second kappa shape index (κ2) is 11.0. The Bertz CT molecular complexity index is 1550. The smallest absolute Gasteiger partial charge is 0.373 e. The van der Waals surface area contributed by atoms with E-state index >= 15 is 0 Å². The van der Waals surface area contributed by atoms with Crippen molar-refractivity contribution in [1.82, 2.24) is 19.9 Å². The van der Waals surface area contributed by atoms with Crippen molar-refractivity contribution in [2.75, 3.05) is 17.9 Å². The number of pyridine rings is 2. The van der Waals surface area contributed by atoms with Crippen LogP contribution in [0.25, 0.3) is 22.4 Å². The highest BCUT2D eigenvalue weighted by Gasteiger charge is 2.34. The third-order valence-electron chi connectivity index (χ3n) is 5.26. The van der Waals surface area contributed by atoms with Crippen molar-refractivity contribution in [3.63, 3.8) is 0 Å². The Morgan fingerprint density at radius 3 is 2.39 bits per heavy atom. The summed E-state index contributed by atoms with van der Waals surface area (Å²) in [6, 6.07) is 8.91. The van der Waals surface area contributed by atoms with Crippen LogP contribution in [0.4, 0.5) is 29.1 Å². The summed E-state index contributed by atoms with van der Waals surface area (Å²) in [5.41, 5.74) is -0.742. The summed E-state index contributed by atoms with van der Waals surface area (Å²) >= 11 is 0. The van der Waals surface area contributed by atoms with E-state index < -0.39 is 27.6 Å². The fourth-order valence-corrected chi connectivity index (χ4v) is 4.19. The number of benzene rings is 1. The molecule has 0 atom stereocenters. The van der Waals surface area contributed by atoms with Crippen LogP contribution in [0.15, 0.2) is 59.6 Å². The molecule has 1 N–H and O–H groups in total. The van der Waals surface area contributed by atoms with Gasteiger partial charge in [-0.3, -0.25) is 4.98 Å². The Kier molecular flexibility index (Phi) is 7.88. The topological polar surface area (TPSA) is 107 Å². The molecule has 3 heterocycles. The van der Waals surface area contributed by atoms with Crippen molar-refractivity contribution in [3.8, 4) is 11.4 Å². The van der Waals surface area contributed by atoms with E-state index in [0.717, 1.165) is 6.07 Å². The minimum absolute atomic E-state index is 0.0232. The number of hydrogen-bond donors (Lipinski definition) is 1. The zero-order valence-electron chi connectivity index (χ0n) is 20.3. The highest BCUT2D eigenvalue weighted by molar-refractivity contribution is 7.91. The average Bonchev–Trinajstić information content (AvgIpc) is 2.88. The van der Waals surface area contributed by atoms with Crippen molar-refractivity contribution in [2.24, 2.45) is 5.92 Å². The van der Waals surface area contributed by atoms with Gasteiger partial charge in [0.05, 0.1) is 21.5 Å². The van der Waals surface area contributed by atoms with Gasteiger partial charge in [-0.25, -0.2) is 27.8 Å². The molecule has 3 aromatic heterocycles.